The molecule has 0 fully saturated rings. The van der Waals surface area contributed by atoms with E-state index in [0.717, 1.165) is 38.2 Å². The number of phenols is 1. The molecule has 0 saturated carbocycles. The molecule has 3 heterocycles. The van der Waals surface area contributed by atoms with Crippen molar-refractivity contribution in [3.05, 3.63) is 59.7 Å². The first-order valence-electron chi connectivity index (χ1n) is 10.6. The lowest BCUT2D eigenvalue weighted by Gasteiger charge is -2.17. The van der Waals surface area contributed by atoms with E-state index in [-0.39, 0.29) is 0 Å². The van der Waals surface area contributed by atoms with Crippen molar-refractivity contribution in [3.8, 4) is 16.9 Å². The number of aryl methyl sites for hydroxylation is 1. The molecule has 0 radical (unpaired) electrons. The summed E-state index contributed by atoms with van der Waals surface area (Å²) in [5.74, 6) is 0.297. The summed E-state index contributed by atoms with van der Waals surface area (Å²) < 4.78 is 8.41. The van der Waals surface area contributed by atoms with Crippen molar-refractivity contribution < 1.29 is 9.84 Å². The van der Waals surface area contributed by atoms with E-state index in [0.29, 0.717) is 12.4 Å². The van der Waals surface area contributed by atoms with Crippen LogP contribution in [0.2, 0.25) is 0 Å². The first-order valence-corrected chi connectivity index (χ1v) is 10.6. The number of benzene rings is 1. The average Bonchev–Trinajstić information content (AvgIpc) is 3.27. The maximum absolute atomic E-state index is 9.71. The van der Waals surface area contributed by atoms with Crippen molar-refractivity contribution in [2.24, 2.45) is 0 Å². The number of likely N-dealkylation sites (N-methyl/N-ethyl adjacent to an activating group) is 1. The van der Waals surface area contributed by atoms with E-state index in [4.69, 9.17) is 4.74 Å². The minimum atomic E-state index is 0.297. The first kappa shape index (κ1) is 19.7. The number of ether oxygens (including phenoxy) is 1. The van der Waals surface area contributed by atoms with E-state index in [1.54, 1.807) is 12.1 Å². The lowest BCUT2D eigenvalue weighted by atomic mass is 9.99. The van der Waals surface area contributed by atoms with Gasteiger partial charge in [-0.25, -0.2) is 0 Å². The molecule has 1 aromatic carbocycles. The van der Waals surface area contributed by atoms with Gasteiger partial charge in [-0.3, -0.25) is 0 Å². The number of pyridine rings is 1. The highest BCUT2D eigenvalue weighted by atomic mass is 16.5. The average molecular weight is 391 g/mol. The van der Waals surface area contributed by atoms with Gasteiger partial charge in [-0.15, -0.1) is 0 Å². The summed E-state index contributed by atoms with van der Waals surface area (Å²) in [5.41, 5.74) is 8.69. The first-order chi connectivity index (χ1) is 14.2. The molecule has 3 aromatic heterocycles. The maximum Gasteiger partial charge on any atom is 0.115 e. The SMILES string of the molecule is CCc1c(-c2ccc(O)cc2)c2cc(COCCN(CC)CC)c3cccc1n32. The van der Waals surface area contributed by atoms with Gasteiger partial charge in [0, 0.05) is 17.7 Å². The minimum absolute atomic E-state index is 0.297. The number of nitrogens with zero attached hydrogens (tertiary/aromatic N) is 2. The number of rotatable bonds is 9. The number of aromatic nitrogens is 1. The highest BCUT2D eigenvalue weighted by Crippen LogP contribution is 2.39. The molecule has 0 atom stereocenters. The van der Waals surface area contributed by atoms with E-state index in [9.17, 15) is 5.11 Å². The summed E-state index contributed by atoms with van der Waals surface area (Å²) in [5, 5.41) is 9.71. The van der Waals surface area contributed by atoms with Crippen LogP contribution in [0.15, 0.2) is 48.5 Å². The molecule has 0 spiro atoms. The molecule has 29 heavy (non-hydrogen) atoms. The van der Waals surface area contributed by atoms with Gasteiger partial charge in [-0.05, 0) is 61.0 Å². The number of hydrogen-bond acceptors (Lipinski definition) is 3. The Hall–Kier alpha value is -2.56. The van der Waals surface area contributed by atoms with Gasteiger partial charge in [0.1, 0.15) is 5.75 Å². The van der Waals surface area contributed by atoms with Crippen LogP contribution in [0.4, 0.5) is 0 Å². The van der Waals surface area contributed by atoms with Crippen LogP contribution in [0.5, 0.6) is 5.75 Å². The quantitative estimate of drug-likeness (QED) is 0.393. The Morgan fingerprint density at radius 2 is 1.66 bits per heavy atom. The van der Waals surface area contributed by atoms with Gasteiger partial charge in [0.25, 0.3) is 0 Å². The molecule has 0 unspecified atom stereocenters. The molecule has 0 saturated heterocycles. The molecule has 0 aliphatic heterocycles. The topological polar surface area (TPSA) is 37.1 Å². The van der Waals surface area contributed by atoms with Crippen molar-refractivity contribution in [1.82, 2.24) is 9.30 Å². The van der Waals surface area contributed by atoms with Gasteiger partial charge in [0.2, 0.25) is 0 Å². The van der Waals surface area contributed by atoms with Crippen LogP contribution in [0, 0.1) is 0 Å². The molecule has 4 nitrogen and oxygen atoms in total. The Morgan fingerprint density at radius 1 is 0.931 bits per heavy atom. The lowest BCUT2D eigenvalue weighted by molar-refractivity contribution is 0.0963. The highest BCUT2D eigenvalue weighted by Gasteiger charge is 2.20. The molecular formula is C25H30N2O2. The number of phenolic OH excluding ortho intramolecular Hbond substituents is 1. The predicted molar refractivity (Wildman–Crippen MR) is 120 cm³/mol. The molecule has 0 amide bonds. The Morgan fingerprint density at radius 3 is 2.34 bits per heavy atom. The van der Waals surface area contributed by atoms with E-state index < -0.39 is 0 Å². The van der Waals surface area contributed by atoms with E-state index in [1.165, 1.54) is 33.2 Å². The van der Waals surface area contributed by atoms with Crippen LogP contribution in [-0.4, -0.2) is 40.6 Å². The van der Waals surface area contributed by atoms with Crippen molar-refractivity contribution >= 4 is 16.6 Å². The van der Waals surface area contributed by atoms with Gasteiger partial charge >= 0.3 is 0 Å². The van der Waals surface area contributed by atoms with E-state index in [2.05, 4.69) is 54.3 Å². The zero-order chi connectivity index (χ0) is 20.4. The van der Waals surface area contributed by atoms with Crippen LogP contribution in [0.1, 0.15) is 31.9 Å². The van der Waals surface area contributed by atoms with Crippen LogP contribution >= 0.6 is 0 Å². The molecule has 0 aliphatic rings. The summed E-state index contributed by atoms with van der Waals surface area (Å²) in [6, 6.07) is 16.3. The van der Waals surface area contributed by atoms with Gasteiger partial charge in [0.05, 0.1) is 29.8 Å². The van der Waals surface area contributed by atoms with Crippen molar-refractivity contribution in [2.75, 3.05) is 26.2 Å². The van der Waals surface area contributed by atoms with Gasteiger partial charge in [-0.1, -0.05) is 39.0 Å². The molecule has 4 aromatic rings. The summed E-state index contributed by atoms with van der Waals surface area (Å²) in [4.78, 5) is 2.38. The number of aromatic hydroxyl groups is 1. The largest absolute Gasteiger partial charge is 0.508 e. The maximum atomic E-state index is 9.71. The Kier molecular flexibility index (Phi) is 5.74. The molecular weight excluding hydrogens is 360 g/mol. The number of hydrogen-bond donors (Lipinski definition) is 1. The van der Waals surface area contributed by atoms with Crippen molar-refractivity contribution in [3.63, 3.8) is 0 Å². The summed E-state index contributed by atoms with van der Waals surface area (Å²) in [7, 11) is 0. The summed E-state index contributed by atoms with van der Waals surface area (Å²) >= 11 is 0. The van der Waals surface area contributed by atoms with Crippen LogP contribution in [0.25, 0.3) is 27.7 Å². The molecule has 0 aliphatic carbocycles. The zero-order valence-corrected chi connectivity index (χ0v) is 17.6. The third kappa shape index (κ3) is 3.59. The van der Waals surface area contributed by atoms with Gasteiger partial charge in [0.15, 0.2) is 0 Å². The van der Waals surface area contributed by atoms with Crippen LogP contribution in [0.3, 0.4) is 0 Å². The fourth-order valence-electron chi connectivity index (χ4n) is 4.36. The third-order valence-electron chi connectivity index (χ3n) is 5.95. The second-order valence-corrected chi connectivity index (χ2v) is 7.52. The highest BCUT2D eigenvalue weighted by molar-refractivity contribution is 5.96. The lowest BCUT2D eigenvalue weighted by Crippen LogP contribution is -2.26. The Labute approximate surface area is 172 Å². The van der Waals surface area contributed by atoms with E-state index in [1.807, 2.05) is 12.1 Å². The summed E-state index contributed by atoms with van der Waals surface area (Å²) in [6.07, 6.45) is 0.965. The van der Waals surface area contributed by atoms with Crippen LogP contribution < -0.4 is 0 Å². The summed E-state index contributed by atoms with van der Waals surface area (Å²) in [6.45, 7) is 11.0. The minimum Gasteiger partial charge on any atom is -0.508 e. The molecule has 4 rings (SSSR count). The van der Waals surface area contributed by atoms with Crippen LogP contribution in [-0.2, 0) is 17.8 Å². The standard InChI is InChI=1S/C25H30N2O2/c1-4-21-23-9-7-8-22-19(17-29-15-14-26(5-2)6-3)16-24(27(22)23)25(21)18-10-12-20(28)13-11-18/h7-13,16,28H,4-6,14-15,17H2,1-3H3. The predicted octanol–water partition coefficient (Wildman–Crippen LogP) is 5.32. The van der Waals surface area contributed by atoms with Crippen molar-refractivity contribution in [1.29, 1.82) is 0 Å². The second kappa shape index (κ2) is 8.44. The van der Waals surface area contributed by atoms with E-state index >= 15 is 0 Å². The fraction of sp³-hybridized carbons (Fsp3) is 0.360. The fourth-order valence-corrected chi connectivity index (χ4v) is 4.36. The molecule has 4 heteroatoms. The third-order valence-corrected chi connectivity index (χ3v) is 5.95. The van der Waals surface area contributed by atoms with Gasteiger partial charge in [-0.2, -0.15) is 0 Å². The Bertz CT molecular complexity index is 1080. The molecule has 1 N–H and O–H groups in total. The monoisotopic (exact) mass is 390 g/mol. The normalized spacial score (nSPS) is 12.0. The molecule has 0 bridgehead atoms. The molecule has 152 valence electrons. The van der Waals surface area contributed by atoms with Crippen molar-refractivity contribution in [2.45, 2.75) is 33.8 Å². The second-order valence-electron chi connectivity index (χ2n) is 7.52. The zero-order valence-electron chi connectivity index (χ0n) is 17.6. The van der Waals surface area contributed by atoms with Gasteiger partial charge < -0.3 is 19.1 Å². The smallest absolute Gasteiger partial charge is 0.115 e. The Balaban J connectivity index is 1.70.